The third-order valence-electron chi connectivity index (χ3n) is 5.89. The number of benzene rings is 1. The molecular formula is C23H37N5O. The van der Waals surface area contributed by atoms with Crippen molar-refractivity contribution in [3.8, 4) is 0 Å². The van der Waals surface area contributed by atoms with Gasteiger partial charge in [-0.15, -0.1) is 0 Å². The Morgan fingerprint density at radius 1 is 1.28 bits per heavy atom. The molecule has 0 spiro atoms. The average molecular weight is 400 g/mol. The lowest BCUT2D eigenvalue weighted by Crippen LogP contribution is -2.70. The minimum Gasteiger partial charge on any atom is -0.350 e. The minimum absolute atomic E-state index is 0.131. The van der Waals surface area contributed by atoms with Gasteiger partial charge in [-0.1, -0.05) is 26.0 Å². The lowest BCUT2D eigenvalue weighted by Gasteiger charge is -2.57. The molecule has 1 amide bonds. The number of amides is 1. The van der Waals surface area contributed by atoms with Crippen LogP contribution >= 0.6 is 0 Å². The molecule has 0 saturated carbocycles. The summed E-state index contributed by atoms with van der Waals surface area (Å²) in [6.45, 7) is 16.9. The van der Waals surface area contributed by atoms with Gasteiger partial charge in [0.15, 0.2) is 0 Å². The molecule has 3 saturated heterocycles. The minimum atomic E-state index is -0.170. The number of piperidine rings is 1. The van der Waals surface area contributed by atoms with Crippen molar-refractivity contribution in [1.82, 2.24) is 25.1 Å². The van der Waals surface area contributed by atoms with Crippen LogP contribution in [0.4, 0.5) is 0 Å². The monoisotopic (exact) mass is 399 g/mol. The van der Waals surface area contributed by atoms with Gasteiger partial charge in [0.1, 0.15) is 5.82 Å². The van der Waals surface area contributed by atoms with Crippen LogP contribution in [0.3, 0.4) is 0 Å². The van der Waals surface area contributed by atoms with Gasteiger partial charge in [0.2, 0.25) is 5.91 Å². The van der Waals surface area contributed by atoms with Crippen molar-refractivity contribution >= 4 is 16.9 Å². The van der Waals surface area contributed by atoms with Gasteiger partial charge in [-0.3, -0.25) is 14.6 Å². The number of nitrogens with zero attached hydrogens (tertiary/aromatic N) is 3. The zero-order valence-corrected chi connectivity index (χ0v) is 19.0. The average Bonchev–Trinajstić information content (AvgIpc) is 3.11. The Balaban J connectivity index is 0.00000117. The molecule has 2 aromatic rings. The number of imidazole rings is 1. The Morgan fingerprint density at radius 3 is 2.52 bits per heavy atom. The molecule has 3 atom stereocenters. The van der Waals surface area contributed by atoms with Crippen LogP contribution < -0.4 is 5.32 Å². The highest BCUT2D eigenvalue weighted by molar-refractivity contribution is 5.79. The molecule has 3 aliphatic rings. The quantitative estimate of drug-likeness (QED) is 0.824. The van der Waals surface area contributed by atoms with Crippen LogP contribution in [0.25, 0.3) is 11.0 Å². The molecule has 29 heavy (non-hydrogen) atoms. The molecule has 3 fully saturated rings. The first-order valence-electron chi connectivity index (χ1n) is 11.0. The van der Waals surface area contributed by atoms with E-state index in [1.165, 1.54) is 12.0 Å². The second kappa shape index (κ2) is 8.44. The fourth-order valence-electron chi connectivity index (χ4n) is 4.48. The summed E-state index contributed by atoms with van der Waals surface area (Å²) in [5.74, 6) is 1.17. The van der Waals surface area contributed by atoms with Crippen molar-refractivity contribution in [2.75, 3.05) is 19.6 Å². The predicted octanol–water partition coefficient (Wildman–Crippen LogP) is 3.63. The molecule has 6 nitrogen and oxygen atoms in total. The number of H-pyrrole nitrogens is 1. The molecule has 5 rings (SSSR count). The molecule has 2 bridgehead atoms. The topological polar surface area (TPSA) is 64.3 Å². The molecule has 6 heteroatoms. The normalized spacial score (nSPS) is 23.1. The zero-order chi connectivity index (χ0) is 21.3. The highest BCUT2D eigenvalue weighted by Crippen LogP contribution is 2.35. The van der Waals surface area contributed by atoms with Gasteiger partial charge < -0.3 is 10.3 Å². The fourth-order valence-corrected chi connectivity index (χ4v) is 4.48. The van der Waals surface area contributed by atoms with Crippen LogP contribution in [-0.4, -0.2) is 62.9 Å². The molecule has 1 aromatic heterocycles. The lowest BCUT2D eigenvalue weighted by atomic mass is 9.86. The smallest absolute Gasteiger partial charge is 0.234 e. The molecule has 3 aliphatic heterocycles. The fraction of sp³-hybridized carbons (Fsp3) is 0.652. The number of hydrogen-bond acceptors (Lipinski definition) is 4. The summed E-state index contributed by atoms with van der Waals surface area (Å²) in [7, 11) is 0. The van der Waals surface area contributed by atoms with E-state index in [0.29, 0.717) is 18.6 Å². The summed E-state index contributed by atoms with van der Waals surface area (Å²) in [5, 5.41) is 3.08. The second-order valence-corrected chi connectivity index (χ2v) is 9.24. The zero-order valence-electron chi connectivity index (χ0n) is 19.0. The second-order valence-electron chi connectivity index (χ2n) is 9.24. The molecule has 3 unspecified atom stereocenters. The van der Waals surface area contributed by atoms with Gasteiger partial charge in [0.05, 0.1) is 23.6 Å². The van der Waals surface area contributed by atoms with Crippen LogP contribution in [-0.2, 0) is 4.79 Å². The maximum absolute atomic E-state index is 12.3. The van der Waals surface area contributed by atoms with Gasteiger partial charge >= 0.3 is 0 Å². The van der Waals surface area contributed by atoms with E-state index >= 15 is 0 Å². The van der Waals surface area contributed by atoms with Crippen molar-refractivity contribution in [1.29, 1.82) is 0 Å². The van der Waals surface area contributed by atoms with Crippen molar-refractivity contribution in [3.63, 3.8) is 0 Å². The number of aromatic nitrogens is 2. The van der Waals surface area contributed by atoms with E-state index in [2.05, 4.69) is 52.1 Å². The first-order valence-corrected chi connectivity index (χ1v) is 11.0. The standard InChI is InChI=1S/C21H31N5O.C2H6/c1-13-7-6-8-17-19(13)23-20(22-17)14(2)25-10-15-9-16(11-25)26(15)12-18(27)24-21(3,4)5;1-2/h6-8,14-16H,9-12H2,1-5H3,(H,22,23)(H,24,27);1-2H3. The van der Waals surface area contributed by atoms with E-state index in [0.717, 1.165) is 29.9 Å². The number of para-hydroxylation sites is 1. The number of hydrogen-bond donors (Lipinski definition) is 2. The van der Waals surface area contributed by atoms with Crippen molar-refractivity contribution in [3.05, 3.63) is 29.6 Å². The van der Waals surface area contributed by atoms with Crippen LogP contribution in [0.15, 0.2) is 18.2 Å². The van der Waals surface area contributed by atoms with Crippen LogP contribution in [0.1, 0.15) is 65.4 Å². The van der Waals surface area contributed by atoms with E-state index in [1.54, 1.807) is 0 Å². The molecule has 0 aliphatic carbocycles. The molecule has 1 aromatic carbocycles. The largest absolute Gasteiger partial charge is 0.350 e. The molecule has 2 N–H and O–H groups in total. The Bertz CT molecular complexity index is 841. The predicted molar refractivity (Wildman–Crippen MR) is 119 cm³/mol. The van der Waals surface area contributed by atoms with Gasteiger partial charge in [0, 0.05) is 30.7 Å². The lowest BCUT2D eigenvalue weighted by molar-refractivity contribution is -0.133. The van der Waals surface area contributed by atoms with Crippen LogP contribution in [0.2, 0.25) is 0 Å². The maximum Gasteiger partial charge on any atom is 0.234 e. The van der Waals surface area contributed by atoms with Gasteiger partial charge in [-0.05, 0) is 52.7 Å². The van der Waals surface area contributed by atoms with Gasteiger partial charge in [0.25, 0.3) is 0 Å². The van der Waals surface area contributed by atoms with E-state index < -0.39 is 0 Å². The van der Waals surface area contributed by atoms with Gasteiger partial charge in [-0.25, -0.2) is 4.98 Å². The number of rotatable bonds is 4. The van der Waals surface area contributed by atoms with E-state index in [-0.39, 0.29) is 17.5 Å². The van der Waals surface area contributed by atoms with Crippen molar-refractivity contribution < 1.29 is 4.79 Å². The first-order chi connectivity index (χ1) is 13.7. The summed E-state index contributed by atoms with van der Waals surface area (Å²) in [5.41, 5.74) is 3.22. The van der Waals surface area contributed by atoms with E-state index in [1.807, 2.05) is 34.6 Å². The summed E-state index contributed by atoms with van der Waals surface area (Å²) >= 11 is 0. The highest BCUT2D eigenvalue weighted by atomic mass is 16.2. The molecular weight excluding hydrogens is 362 g/mol. The Hall–Kier alpha value is -1.92. The van der Waals surface area contributed by atoms with E-state index in [9.17, 15) is 4.79 Å². The summed E-state index contributed by atoms with van der Waals surface area (Å²) in [6.07, 6.45) is 1.20. The van der Waals surface area contributed by atoms with Crippen molar-refractivity contribution in [2.45, 2.75) is 78.6 Å². The highest BCUT2D eigenvalue weighted by Gasteiger charge is 2.46. The molecule has 4 heterocycles. The number of fused-ring (bicyclic) bond motifs is 3. The van der Waals surface area contributed by atoms with Crippen molar-refractivity contribution in [2.24, 2.45) is 0 Å². The third-order valence-corrected chi connectivity index (χ3v) is 5.89. The number of piperazine rings is 1. The Kier molecular flexibility index (Phi) is 6.34. The first kappa shape index (κ1) is 21.8. The SMILES string of the molecule is CC.Cc1cccc2[nH]c(C(C)N3CC4CC(C3)N4CC(=O)NC(C)(C)C)nc12. The number of aryl methyl sites for hydroxylation is 1. The number of carbonyl (C=O) groups is 1. The molecule has 0 radical (unpaired) electrons. The summed E-state index contributed by atoms with van der Waals surface area (Å²) in [4.78, 5) is 25.5. The van der Waals surface area contributed by atoms with Crippen LogP contribution in [0, 0.1) is 6.92 Å². The van der Waals surface area contributed by atoms with E-state index in [4.69, 9.17) is 4.98 Å². The third kappa shape index (κ3) is 4.64. The van der Waals surface area contributed by atoms with Gasteiger partial charge in [-0.2, -0.15) is 0 Å². The Labute approximate surface area is 175 Å². The number of carbonyl (C=O) groups excluding carboxylic acids is 1. The molecule has 160 valence electrons. The maximum atomic E-state index is 12.3. The summed E-state index contributed by atoms with van der Waals surface area (Å²) < 4.78 is 0. The van der Waals surface area contributed by atoms with Crippen LogP contribution in [0.5, 0.6) is 0 Å². The number of aromatic amines is 1. The summed E-state index contributed by atoms with van der Waals surface area (Å²) in [6, 6.07) is 7.47. The Morgan fingerprint density at radius 2 is 1.93 bits per heavy atom. The number of nitrogens with one attached hydrogen (secondary N) is 2.